The fraction of sp³-hybridized carbons (Fsp3) is 0.114. The highest BCUT2D eigenvalue weighted by atomic mass is 16.5. The first-order valence-electron chi connectivity index (χ1n) is 16.8. The van der Waals surface area contributed by atoms with Crippen LogP contribution in [-0.4, -0.2) is 16.3 Å². The zero-order valence-corrected chi connectivity index (χ0v) is 30.2. The molecule has 11 heteroatoms. The average Bonchev–Trinajstić information content (AvgIpc) is 3.23. The zero-order valence-electron chi connectivity index (χ0n) is 30.2. The van der Waals surface area contributed by atoms with Crippen molar-refractivity contribution in [3.8, 4) is 35.8 Å². The largest absolute Gasteiger partial charge is 0.487 e. The van der Waals surface area contributed by atoms with Gasteiger partial charge in [-0.25, -0.2) is 0 Å². The van der Waals surface area contributed by atoms with Gasteiger partial charge in [0.15, 0.2) is 6.29 Å². The van der Waals surface area contributed by atoms with Crippen molar-refractivity contribution in [3.63, 3.8) is 0 Å². The molecular weight excluding hydrogens is 689 g/mol. The Morgan fingerprint density at radius 1 is 0.618 bits per heavy atom. The van der Waals surface area contributed by atoms with E-state index in [4.69, 9.17) is 36.3 Å². The number of nitrogens with one attached hydrogen (secondary N) is 1. The number of carbonyl (C=O) groups excluding carboxylic acids is 1. The third kappa shape index (κ3) is 12.9. The lowest BCUT2D eigenvalue weighted by Gasteiger charge is -2.12. The molecule has 0 atom stereocenters. The molecule has 11 nitrogen and oxygen atoms in total. The number of carbonyl (C=O) groups is 1. The molecule has 0 aliphatic carbocycles. The lowest BCUT2D eigenvalue weighted by molar-refractivity contribution is 0.112. The third-order valence-corrected chi connectivity index (χ3v) is 7.75. The van der Waals surface area contributed by atoms with Crippen molar-refractivity contribution in [2.75, 3.05) is 11.1 Å². The normalized spacial score (nSPS) is 9.56. The Balaban J connectivity index is 0.000000207. The number of pyridine rings is 2. The SMILES string of the molecule is Cc1ncc(C=O)cc1OCc1cccc(C#N)c1.Cc1ncc(CNc2ccc(C#N)cc2)cc1OCc1cccc(C#N)c1.N#Cc1ccc(N)cc1. The molecule has 0 bridgehead atoms. The summed E-state index contributed by atoms with van der Waals surface area (Å²) in [6.45, 7) is 5.03. The van der Waals surface area contributed by atoms with E-state index in [2.05, 4.69) is 33.5 Å². The van der Waals surface area contributed by atoms with Crippen molar-refractivity contribution in [3.05, 3.63) is 177 Å². The second-order valence-corrected chi connectivity index (χ2v) is 11.9. The molecule has 0 fully saturated rings. The number of rotatable bonds is 10. The van der Waals surface area contributed by atoms with Crippen molar-refractivity contribution in [2.45, 2.75) is 33.6 Å². The van der Waals surface area contributed by atoms with Crippen molar-refractivity contribution in [1.29, 1.82) is 21.0 Å². The number of hydrogen-bond donors (Lipinski definition) is 2. The minimum Gasteiger partial charge on any atom is -0.487 e. The van der Waals surface area contributed by atoms with Crippen molar-refractivity contribution in [1.82, 2.24) is 9.97 Å². The molecule has 2 heterocycles. The van der Waals surface area contributed by atoms with E-state index < -0.39 is 0 Å². The van der Waals surface area contributed by atoms with Gasteiger partial charge in [0.2, 0.25) is 0 Å². The van der Waals surface area contributed by atoms with Crippen molar-refractivity contribution < 1.29 is 14.3 Å². The van der Waals surface area contributed by atoms with Crippen LogP contribution in [-0.2, 0) is 19.8 Å². The van der Waals surface area contributed by atoms with Gasteiger partial charge in [0, 0.05) is 35.9 Å². The van der Waals surface area contributed by atoms with Crippen LogP contribution in [0.4, 0.5) is 11.4 Å². The number of ether oxygens (including phenoxy) is 2. The summed E-state index contributed by atoms with van der Waals surface area (Å²) in [7, 11) is 0. The van der Waals surface area contributed by atoms with Crippen LogP contribution in [0.15, 0.2) is 122 Å². The van der Waals surface area contributed by atoms with Crippen LogP contribution < -0.4 is 20.5 Å². The molecule has 4 aromatic carbocycles. The number of benzene rings is 4. The van der Waals surface area contributed by atoms with Crippen LogP contribution in [0.2, 0.25) is 0 Å². The molecular formula is C44H36N8O3. The van der Waals surface area contributed by atoms with Crippen molar-refractivity contribution >= 4 is 17.7 Å². The molecule has 270 valence electrons. The monoisotopic (exact) mass is 724 g/mol. The van der Waals surface area contributed by atoms with Gasteiger partial charge in [0.05, 0.1) is 57.9 Å². The van der Waals surface area contributed by atoms with Crippen LogP contribution in [0.1, 0.15) is 60.7 Å². The molecule has 0 radical (unpaired) electrons. The Hall–Kier alpha value is -7.99. The summed E-state index contributed by atoms with van der Waals surface area (Å²) in [5.74, 6) is 1.29. The number of hydrogen-bond acceptors (Lipinski definition) is 11. The number of nitriles is 4. The molecule has 0 amide bonds. The molecule has 0 saturated heterocycles. The van der Waals surface area contributed by atoms with Crippen LogP contribution in [0.25, 0.3) is 0 Å². The van der Waals surface area contributed by atoms with E-state index >= 15 is 0 Å². The van der Waals surface area contributed by atoms with E-state index in [1.807, 2.05) is 74.6 Å². The number of nitrogen functional groups attached to an aromatic ring is 1. The summed E-state index contributed by atoms with van der Waals surface area (Å²) in [5.41, 5.74) is 14.3. The molecule has 0 saturated carbocycles. The lowest BCUT2D eigenvalue weighted by atomic mass is 10.1. The first-order valence-corrected chi connectivity index (χ1v) is 16.8. The smallest absolute Gasteiger partial charge is 0.151 e. The quantitative estimate of drug-likeness (QED) is 0.102. The standard InChI is InChI=1S/C22H18N4O.C15H12N2O2.C7H6N2/c1-16-22(27-15-19-4-2-3-18(9-19)12-24)10-20(13-25-16)14-26-21-7-5-17(11-23)6-8-21;1-11-15(6-14(9-18)8-17-11)19-10-13-4-2-3-12(5-13)7-16;8-5-6-1-3-7(9)4-2-6/h2-10,13,26H,14-15H2,1H3;2-6,8-9H,10H2,1H3;1-4H,9H2. The van der Waals surface area contributed by atoms with Gasteiger partial charge in [0.1, 0.15) is 24.7 Å². The minimum atomic E-state index is 0.334. The molecule has 0 unspecified atom stereocenters. The Morgan fingerprint density at radius 3 is 1.62 bits per heavy atom. The molecule has 6 rings (SSSR count). The number of aromatic nitrogens is 2. The Labute approximate surface area is 320 Å². The predicted octanol–water partition coefficient (Wildman–Crippen LogP) is 8.12. The second kappa shape index (κ2) is 20.8. The summed E-state index contributed by atoms with van der Waals surface area (Å²) in [4.78, 5) is 19.2. The van der Waals surface area contributed by atoms with E-state index in [1.54, 1.807) is 60.7 Å². The number of aryl methyl sites for hydroxylation is 2. The lowest BCUT2D eigenvalue weighted by Crippen LogP contribution is -2.03. The molecule has 2 aromatic heterocycles. The fourth-order valence-corrected chi connectivity index (χ4v) is 4.74. The number of nitrogens with two attached hydrogens (primary N) is 1. The van der Waals surface area contributed by atoms with Gasteiger partial charge in [-0.2, -0.15) is 21.0 Å². The zero-order chi connectivity index (χ0) is 39.4. The van der Waals surface area contributed by atoms with Gasteiger partial charge in [-0.1, -0.05) is 24.3 Å². The van der Waals surface area contributed by atoms with Crippen LogP contribution in [0, 0.1) is 59.2 Å². The number of aldehydes is 1. The summed E-state index contributed by atoms with van der Waals surface area (Å²) in [6.07, 6.45) is 4.05. The highest BCUT2D eigenvalue weighted by Gasteiger charge is 2.06. The van der Waals surface area contributed by atoms with Gasteiger partial charge in [-0.3, -0.25) is 14.8 Å². The maximum Gasteiger partial charge on any atom is 0.151 e. The van der Waals surface area contributed by atoms with E-state index in [0.29, 0.717) is 59.0 Å². The van der Waals surface area contributed by atoms with E-state index in [1.165, 1.54) is 6.20 Å². The summed E-state index contributed by atoms with van der Waals surface area (Å²) >= 11 is 0. The molecule has 0 aliphatic heterocycles. The minimum absolute atomic E-state index is 0.334. The van der Waals surface area contributed by atoms with Gasteiger partial charge in [-0.15, -0.1) is 0 Å². The fourth-order valence-electron chi connectivity index (χ4n) is 4.74. The number of anilines is 2. The van der Waals surface area contributed by atoms with E-state index in [0.717, 1.165) is 45.8 Å². The van der Waals surface area contributed by atoms with E-state index in [9.17, 15) is 4.79 Å². The highest BCUT2D eigenvalue weighted by molar-refractivity contribution is 5.75. The molecule has 3 N–H and O–H groups in total. The molecule has 0 aliphatic rings. The van der Waals surface area contributed by atoms with Crippen LogP contribution in [0.3, 0.4) is 0 Å². The second-order valence-electron chi connectivity index (χ2n) is 11.9. The summed E-state index contributed by atoms with van der Waals surface area (Å²) in [5, 5.41) is 38.3. The molecule has 55 heavy (non-hydrogen) atoms. The average molecular weight is 725 g/mol. The Kier molecular flexibility index (Phi) is 15.0. The Morgan fingerprint density at radius 2 is 1.11 bits per heavy atom. The van der Waals surface area contributed by atoms with Gasteiger partial charge >= 0.3 is 0 Å². The Bertz CT molecular complexity index is 2380. The maximum absolute atomic E-state index is 10.7. The van der Waals surface area contributed by atoms with E-state index in [-0.39, 0.29) is 0 Å². The molecule has 6 aromatic rings. The number of nitrogens with zero attached hydrogens (tertiary/aromatic N) is 6. The van der Waals surface area contributed by atoms with Crippen LogP contribution in [0.5, 0.6) is 11.5 Å². The van der Waals surface area contributed by atoms with Gasteiger partial charge in [0.25, 0.3) is 0 Å². The summed E-state index contributed by atoms with van der Waals surface area (Å²) in [6, 6.07) is 40.6. The predicted molar refractivity (Wildman–Crippen MR) is 208 cm³/mol. The first-order chi connectivity index (χ1) is 26.7. The highest BCUT2D eigenvalue weighted by Crippen LogP contribution is 2.21. The van der Waals surface area contributed by atoms with Crippen LogP contribution >= 0.6 is 0 Å². The maximum atomic E-state index is 10.7. The molecule has 0 spiro atoms. The first kappa shape index (κ1) is 39.8. The third-order valence-electron chi connectivity index (χ3n) is 7.75. The summed E-state index contributed by atoms with van der Waals surface area (Å²) < 4.78 is 11.5. The van der Waals surface area contributed by atoms with Gasteiger partial charge < -0.3 is 20.5 Å². The van der Waals surface area contributed by atoms with Gasteiger partial charge in [-0.05, 0) is 115 Å². The van der Waals surface area contributed by atoms with Crippen molar-refractivity contribution in [2.24, 2.45) is 0 Å². The topological polar surface area (TPSA) is 195 Å².